The maximum atomic E-state index is 14.0. The Morgan fingerprint density at radius 1 is 0.900 bits per heavy atom. The second kappa shape index (κ2) is 14.7. The Morgan fingerprint density at radius 2 is 1.65 bits per heavy atom. The van der Waals surface area contributed by atoms with Crippen molar-refractivity contribution >= 4 is 23.4 Å². The van der Waals surface area contributed by atoms with E-state index in [4.69, 9.17) is 18.9 Å². The number of fused-ring (bicyclic) bond motifs is 3. The summed E-state index contributed by atoms with van der Waals surface area (Å²) in [5, 5.41) is 0. The van der Waals surface area contributed by atoms with Gasteiger partial charge in [0, 0.05) is 26.6 Å². The van der Waals surface area contributed by atoms with Crippen LogP contribution in [0.5, 0.6) is 0 Å². The van der Waals surface area contributed by atoms with Crippen molar-refractivity contribution in [3.05, 3.63) is 11.6 Å². The van der Waals surface area contributed by atoms with Crippen LogP contribution in [0.1, 0.15) is 98.3 Å². The number of methoxy groups -OCH3 is 2. The molecule has 3 heterocycles. The van der Waals surface area contributed by atoms with E-state index in [2.05, 4.69) is 26.8 Å². The smallest absolute Gasteiger partial charge is 0.328 e. The molecule has 0 aromatic heterocycles. The Bertz CT molecular complexity index is 948. The van der Waals surface area contributed by atoms with E-state index in [1.807, 2.05) is 0 Å². The first-order chi connectivity index (χ1) is 19.0. The van der Waals surface area contributed by atoms with Crippen molar-refractivity contribution in [2.45, 2.75) is 122 Å². The molecule has 0 N–H and O–H groups in total. The average molecular weight is 564 g/mol. The highest BCUT2D eigenvalue weighted by atomic mass is 16.7. The number of carbonyl (C=O) groups excluding carboxylic acids is 4. The number of nitrogens with zero attached hydrogens (tertiary/aromatic N) is 1. The second-order valence-corrected chi connectivity index (χ2v) is 12.2. The molecule has 0 saturated carbocycles. The first-order valence-electron chi connectivity index (χ1n) is 15.0. The molecule has 0 radical (unpaired) electrons. The van der Waals surface area contributed by atoms with Crippen LogP contribution in [-0.4, -0.2) is 73.3 Å². The van der Waals surface area contributed by atoms with Crippen LogP contribution in [0.15, 0.2) is 11.6 Å². The molecule has 0 aliphatic carbocycles. The number of piperidine rings is 1. The molecule has 7 atom stereocenters. The van der Waals surface area contributed by atoms with Gasteiger partial charge in [-0.3, -0.25) is 19.3 Å². The van der Waals surface area contributed by atoms with E-state index >= 15 is 0 Å². The Hall–Kier alpha value is -2.10. The third-order valence-electron chi connectivity index (χ3n) is 8.75. The maximum Gasteiger partial charge on any atom is 0.328 e. The molecule has 2 bridgehead atoms. The highest BCUT2D eigenvalue weighted by Crippen LogP contribution is 2.38. The number of hydrogen-bond acceptors (Lipinski definition) is 8. The van der Waals surface area contributed by atoms with E-state index in [9.17, 15) is 19.2 Å². The number of ketones is 2. The summed E-state index contributed by atoms with van der Waals surface area (Å²) in [6.07, 6.45) is 8.36. The number of Topliss-reactive ketones (excluding diaryl/α,β-unsaturated/α-hetero) is 2. The van der Waals surface area contributed by atoms with Gasteiger partial charge in [0.2, 0.25) is 5.79 Å². The molecule has 226 valence electrons. The van der Waals surface area contributed by atoms with E-state index in [1.165, 1.54) is 24.7 Å². The fourth-order valence-electron chi connectivity index (χ4n) is 6.33. The minimum atomic E-state index is -1.92. The Balaban J connectivity index is 1.93. The molecular weight excluding hydrogens is 514 g/mol. The van der Waals surface area contributed by atoms with E-state index in [0.717, 1.165) is 38.5 Å². The molecule has 7 unspecified atom stereocenters. The van der Waals surface area contributed by atoms with E-state index in [0.29, 0.717) is 31.6 Å². The molecule has 3 aliphatic rings. The van der Waals surface area contributed by atoms with Gasteiger partial charge >= 0.3 is 5.97 Å². The van der Waals surface area contributed by atoms with Crippen molar-refractivity contribution in [3.63, 3.8) is 0 Å². The highest BCUT2D eigenvalue weighted by Gasteiger charge is 2.57. The number of esters is 1. The average Bonchev–Trinajstić information content (AvgIpc) is 2.93. The summed E-state index contributed by atoms with van der Waals surface area (Å²) in [6.45, 7) is 8.28. The van der Waals surface area contributed by atoms with Crippen LogP contribution in [0, 0.1) is 17.8 Å². The van der Waals surface area contributed by atoms with Crippen LogP contribution < -0.4 is 0 Å². The van der Waals surface area contributed by atoms with Crippen LogP contribution >= 0.6 is 0 Å². The summed E-state index contributed by atoms with van der Waals surface area (Å²) in [6, 6.07) is -0.948. The Kier molecular flexibility index (Phi) is 11.9. The van der Waals surface area contributed by atoms with Gasteiger partial charge in [0.1, 0.15) is 18.4 Å². The van der Waals surface area contributed by atoms with Crippen LogP contribution in [0.3, 0.4) is 0 Å². The number of carbonyl (C=O) groups is 4. The molecule has 2 saturated heterocycles. The zero-order valence-corrected chi connectivity index (χ0v) is 25.2. The molecule has 9 heteroatoms. The summed E-state index contributed by atoms with van der Waals surface area (Å²) in [7, 11) is 2.78. The first-order valence-corrected chi connectivity index (χ1v) is 15.0. The van der Waals surface area contributed by atoms with Crippen LogP contribution in [0.2, 0.25) is 0 Å². The topological polar surface area (TPSA) is 108 Å². The van der Waals surface area contributed by atoms with Gasteiger partial charge in [-0.2, -0.15) is 0 Å². The van der Waals surface area contributed by atoms with E-state index in [1.54, 1.807) is 6.92 Å². The van der Waals surface area contributed by atoms with Crippen molar-refractivity contribution in [1.82, 2.24) is 4.90 Å². The summed E-state index contributed by atoms with van der Waals surface area (Å²) in [5.74, 6) is -4.57. The quantitative estimate of drug-likeness (QED) is 0.269. The largest absolute Gasteiger partial charge is 0.464 e. The number of allylic oxidation sites excluding steroid dienone is 2. The van der Waals surface area contributed by atoms with Gasteiger partial charge in [-0.15, -0.1) is 0 Å². The second-order valence-electron chi connectivity index (χ2n) is 12.2. The summed E-state index contributed by atoms with van der Waals surface area (Å²) in [4.78, 5) is 55.3. The highest BCUT2D eigenvalue weighted by molar-refractivity contribution is 6.39. The number of cyclic esters (lactones) is 1. The molecule has 3 aliphatic heterocycles. The van der Waals surface area contributed by atoms with Crippen molar-refractivity contribution in [2.75, 3.05) is 20.8 Å². The van der Waals surface area contributed by atoms with Crippen molar-refractivity contribution in [3.8, 4) is 0 Å². The Morgan fingerprint density at radius 3 is 2.35 bits per heavy atom. The van der Waals surface area contributed by atoms with E-state index in [-0.39, 0.29) is 24.7 Å². The van der Waals surface area contributed by atoms with Crippen LogP contribution in [-0.2, 0) is 38.1 Å². The molecule has 0 aromatic carbocycles. The molecular formula is C31H49NO8. The standard InChI is InChI=1S/C31H49NO8/c1-20-11-8-7-9-12-22(3)19-39-30(36)24-13-10-14-27(37-5)32(24)29(35)28(34)31(38-6)23(4)18-25(33)26(40-31)16-15-21(2)17-20/h11,21-24,26-27H,7-10,12-19H2,1-6H3. The lowest BCUT2D eigenvalue weighted by Crippen LogP contribution is -2.64. The fourth-order valence-corrected chi connectivity index (χ4v) is 6.33. The molecule has 3 rings (SSSR count). The van der Waals surface area contributed by atoms with Crippen molar-refractivity contribution in [2.24, 2.45) is 17.8 Å². The molecule has 0 spiro atoms. The third kappa shape index (κ3) is 7.59. The SMILES string of the molecule is COC1CCCC2C(=O)OCC(C)CCCCC=C(C)CC(C)CCC3OC(OC)(C(=O)C(=O)N12)C(C)CC3=O. The summed E-state index contributed by atoms with van der Waals surface area (Å²) >= 11 is 0. The van der Waals surface area contributed by atoms with E-state index < -0.39 is 47.7 Å². The van der Waals surface area contributed by atoms with Crippen LogP contribution in [0.25, 0.3) is 0 Å². The third-order valence-corrected chi connectivity index (χ3v) is 8.75. The molecule has 2 fully saturated rings. The number of hydrogen-bond donors (Lipinski definition) is 0. The van der Waals surface area contributed by atoms with Gasteiger partial charge in [0.25, 0.3) is 11.7 Å². The summed E-state index contributed by atoms with van der Waals surface area (Å²) in [5.41, 5.74) is 1.32. The normalized spacial score (nSPS) is 36.2. The minimum Gasteiger partial charge on any atom is -0.464 e. The summed E-state index contributed by atoms with van der Waals surface area (Å²) < 4.78 is 23.1. The first kappa shape index (κ1) is 32.4. The lowest BCUT2D eigenvalue weighted by Gasteiger charge is -2.45. The van der Waals surface area contributed by atoms with Gasteiger partial charge in [0.15, 0.2) is 5.78 Å². The number of rotatable bonds is 2. The predicted molar refractivity (Wildman–Crippen MR) is 149 cm³/mol. The zero-order valence-electron chi connectivity index (χ0n) is 25.2. The zero-order chi connectivity index (χ0) is 29.4. The van der Waals surface area contributed by atoms with Gasteiger partial charge in [-0.1, -0.05) is 38.8 Å². The monoisotopic (exact) mass is 563 g/mol. The fraction of sp³-hybridized carbons (Fsp3) is 0.806. The van der Waals surface area contributed by atoms with Gasteiger partial charge in [-0.25, -0.2) is 4.79 Å². The van der Waals surface area contributed by atoms with Gasteiger partial charge in [0.05, 0.1) is 6.61 Å². The predicted octanol–water partition coefficient (Wildman–Crippen LogP) is 4.75. The number of ether oxygens (including phenoxy) is 4. The van der Waals surface area contributed by atoms with Crippen molar-refractivity contribution in [1.29, 1.82) is 0 Å². The number of amides is 1. The minimum absolute atomic E-state index is 0.0574. The van der Waals surface area contributed by atoms with Crippen LogP contribution in [0.4, 0.5) is 0 Å². The van der Waals surface area contributed by atoms with Gasteiger partial charge in [-0.05, 0) is 76.5 Å². The van der Waals surface area contributed by atoms with Gasteiger partial charge < -0.3 is 18.9 Å². The maximum absolute atomic E-state index is 14.0. The Labute approximate surface area is 239 Å². The lowest BCUT2D eigenvalue weighted by atomic mass is 9.83. The molecule has 0 aromatic rings. The lowest BCUT2D eigenvalue weighted by molar-refractivity contribution is -0.267. The molecule has 40 heavy (non-hydrogen) atoms. The molecule has 1 amide bonds. The van der Waals surface area contributed by atoms with Crippen molar-refractivity contribution < 1.29 is 38.1 Å². The molecule has 9 nitrogen and oxygen atoms in total.